The molecule has 0 saturated heterocycles. The lowest BCUT2D eigenvalue weighted by Crippen LogP contribution is -2.69. The van der Waals surface area contributed by atoms with E-state index >= 15 is 0 Å². The fourth-order valence-corrected chi connectivity index (χ4v) is 10.1. The number of allylic oxidation sites excluding steroid dienone is 5. The maximum atomic E-state index is 14.7. The van der Waals surface area contributed by atoms with Gasteiger partial charge in [-0.05, 0) is 73.1 Å². The fourth-order valence-electron chi connectivity index (χ4n) is 10.1. The van der Waals surface area contributed by atoms with Crippen molar-refractivity contribution in [2.75, 3.05) is 0 Å². The van der Waals surface area contributed by atoms with Crippen LogP contribution in [0.2, 0.25) is 0 Å². The molecule has 0 heterocycles. The normalized spacial score (nSPS) is 31.4. The zero-order valence-electron chi connectivity index (χ0n) is 28.2. The molecule has 46 heavy (non-hydrogen) atoms. The van der Waals surface area contributed by atoms with E-state index in [1.807, 2.05) is 32.9 Å². The summed E-state index contributed by atoms with van der Waals surface area (Å²) in [5.74, 6) is -4.27. The molecule has 2 saturated carbocycles. The molecule has 4 N–H and O–H groups in total. The topological polar surface area (TPSA) is 132 Å². The molecule has 7 heteroatoms. The first-order valence-corrected chi connectivity index (χ1v) is 17.0. The van der Waals surface area contributed by atoms with Gasteiger partial charge in [0.15, 0.2) is 17.2 Å². The van der Waals surface area contributed by atoms with Crippen LogP contribution in [0.25, 0.3) is 11.3 Å². The lowest BCUT2D eigenvalue weighted by molar-refractivity contribution is -0.178. The minimum Gasteiger partial charge on any atom is -0.508 e. The third kappa shape index (κ3) is 4.36. The Hall–Kier alpha value is -3.45. The molecule has 2 fully saturated rings. The van der Waals surface area contributed by atoms with E-state index in [0.717, 1.165) is 30.0 Å². The molecular formula is C39H48O7. The highest BCUT2D eigenvalue weighted by atomic mass is 16.3. The van der Waals surface area contributed by atoms with E-state index in [0.29, 0.717) is 17.9 Å². The zero-order valence-corrected chi connectivity index (χ0v) is 28.2. The van der Waals surface area contributed by atoms with Crippen LogP contribution in [-0.2, 0) is 20.8 Å². The molecule has 0 spiro atoms. The van der Waals surface area contributed by atoms with Gasteiger partial charge in [0.05, 0.1) is 5.56 Å². The quantitative estimate of drug-likeness (QED) is 0.238. The van der Waals surface area contributed by atoms with Crippen LogP contribution >= 0.6 is 0 Å². The van der Waals surface area contributed by atoms with Gasteiger partial charge in [0.1, 0.15) is 22.8 Å². The maximum Gasteiger partial charge on any atom is 0.203 e. The molecule has 6 rings (SSSR count). The molecule has 0 aromatic heterocycles. The highest BCUT2D eigenvalue weighted by Crippen LogP contribution is 2.65. The Kier molecular flexibility index (Phi) is 7.63. The first-order valence-electron chi connectivity index (χ1n) is 17.0. The van der Waals surface area contributed by atoms with Gasteiger partial charge in [-0.15, -0.1) is 0 Å². The Labute approximate surface area is 271 Å². The number of aliphatic hydroxyl groups excluding tert-OH is 2. The summed E-state index contributed by atoms with van der Waals surface area (Å²) in [5.41, 5.74) is -0.970. The minimum absolute atomic E-state index is 0.0376. The van der Waals surface area contributed by atoms with Crippen molar-refractivity contribution in [2.24, 2.45) is 28.6 Å². The number of phenolic OH excluding ortho intramolecular Hbond substituents is 1. The zero-order chi connectivity index (χ0) is 33.7. The molecule has 1 unspecified atom stereocenters. The fraction of sp³-hybridized carbons (Fsp3) is 0.564. The lowest BCUT2D eigenvalue weighted by atomic mass is 9.43. The largest absolute Gasteiger partial charge is 0.508 e. The molecule has 5 aliphatic rings. The van der Waals surface area contributed by atoms with Gasteiger partial charge in [0.2, 0.25) is 5.78 Å². The van der Waals surface area contributed by atoms with E-state index in [9.17, 15) is 34.8 Å². The van der Waals surface area contributed by atoms with Crippen molar-refractivity contribution in [1.29, 1.82) is 0 Å². The number of hydrogen-bond donors (Lipinski definition) is 4. The first-order chi connectivity index (χ1) is 21.5. The van der Waals surface area contributed by atoms with Gasteiger partial charge < -0.3 is 20.4 Å². The molecule has 7 nitrogen and oxygen atoms in total. The van der Waals surface area contributed by atoms with Crippen molar-refractivity contribution < 1.29 is 34.8 Å². The number of phenols is 1. The van der Waals surface area contributed by atoms with E-state index in [2.05, 4.69) is 19.9 Å². The molecule has 0 amide bonds. The smallest absolute Gasteiger partial charge is 0.203 e. The van der Waals surface area contributed by atoms with E-state index in [-0.39, 0.29) is 41.6 Å². The third-order valence-electron chi connectivity index (χ3n) is 12.0. The van der Waals surface area contributed by atoms with Gasteiger partial charge in [-0.2, -0.15) is 0 Å². The van der Waals surface area contributed by atoms with Crippen LogP contribution < -0.4 is 0 Å². The summed E-state index contributed by atoms with van der Waals surface area (Å²) in [7, 11) is 0. The van der Waals surface area contributed by atoms with Gasteiger partial charge in [-0.3, -0.25) is 14.4 Å². The Morgan fingerprint density at radius 3 is 2.26 bits per heavy atom. The average Bonchev–Trinajstić information content (AvgIpc) is 3.63. The van der Waals surface area contributed by atoms with E-state index < -0.39 is 56.8 Å². The summed E-state index contributed by atoms with van der Waals surface area (Å²) in [4.78, 5) is 41.1. The van der Waals surface area contributed by atoms with Crippen LogP contribution in [0, 0.1) is 28.6 Å². The van der Waals surface area contributed by atoms with Crippen molar-refractivity contribution in [3.05, 3.63) is 63.0 Å². The molecule has 5 aliphatic carbocycles. The Balaban J connectivity index is 1.52. The van der Waals surface area contributed by atoms with Gasteiger partial charge in [-0.1, -0.05) is 85.0 Å². The molecule has 1 aromatic carbocycles. The summed E-state index contributed by atoms with van der Waals surface area (Å²) < 4.78 is 0. The van der Waals surface area contributed by atoms with Crippen LogP contribution in [0.1, 0.15) is 122 Å². The van der Waals surface area contributed by atoms with E-state index in [1.165, 1.54) is 31.3 Å². The monoisotopic (exact) mass is 628 g/mol. The van der Waals surface area contributed by atoms with Crippen molar-refractivity contribution in [2.45, 2.75) is 111 Å². The SMILES string of the molecule is CC(=O)C1=C(O)[C@]2(O)C(=O)C3=C(O)c4c(O)c(C5=CC=C(CC6CCCC6)C5)cc(C(C)C)c4C[C@]3(C)C[C@]2(C)C(C(C)C)C1=O. The molecule has 0 bridgehead atoms. The molecular weight excluding hydrogens is 580 g/mol. The summed E-state index contributed by atoms with van der Waals surface area (Å²) in [5, 5.41) is 47.8. The summed E-state index contributed by atoms with van der Waals surface area (Å²) >= 11 is 0. The second-order valence-corrected chi connectivity index (χ2v) is 15.9. The second-order valence-electron chi connectivity index (χ2n) is 15.9. The van der Waals surface area contributed by atoms with Gasteiger partial charge in [-0.25, -0.2) is 0 Å². The number of benzene rings is 1. The number of carbonyl (C=O) groups excluding carboxylic acids is 3. The van der Waals surface area contributed by atoms with Gasteiger partial charge in [0, 0.05) is 27.9 Å². The lowest BCUT2D eigenvalue weighted by Gasteiger charge is -2.60. The van der Waals surface area contributed by atoms with Gasteiger partial charge >= 0.3 is 0 Å². The maximum absolute atomic E-state index is 14.7. The predicted molar refractivity (Wildman–Crippen MR) is 177 cm³/mol. The molecule has 0 radical (unpaired) electrons. The number of hydrogen-bond acceptors (Lipinski definition) is 7. The van der Waals surface area contributed by atoms with Gasteiger partial charge in [0.25, 0.3) is 0 Å². The van der Waals surface area contributed by atoms with Crippen molar-refractivity contribution in [3.8, 4) is 5.75 Å². The Bertz CT molecular complexity index is 1690. The number of ketones is 3. The standard InChI is InChI=1S/C39H48O7/c1-19(2)25-16-26(24-13-12-23(15-24)14-22-10-8-9-11-22)32(41)29-27(25)17-37(6)18-38(7)30(20(3)4)33(42)28(21(5)40)35(44)39(38,46)36(45)31(37)34(29)43/h12-13,16,19-20,22,30,41,43-44,46H,8-11,14-15,17-18H2,1-7H3/t30?,37-,38-,39+/m1/s1. The van der Waals surface area contributed by atoms with Crippen LogP contribution in [0.15, 0.2) is 40.7 Å². The minimum atomic E-state index is -2.61. The average molecular weight is 629 g/mol. The number of fused-ring (bicyclic) bond motifs is 3. The highest BCUT2D eigenvalue weighted by Gasteiger charge is 2.72. The molecule has 246 valence electrons. The van der Waals surface area contributed by atoms with E-state index in [1.54, 1.807) is 6.92 Å². The summed E-state index contributed by atoms with van der Waals surface area (Å²) in [6.45, 7) is 12.4. The summed E-state index contributed by atoms with van der Waals surface area (Å²) in [6.07, 6.45) is 11.4. The molecule has 0 aliphatic heterocycles. The van der Waals surface area contributed by atoms with E-state index in [4.69, 9.17) is 0 Å². The number of aliphatic hydroxyl groups is 3. The van der Waals surface area contributed by atoms with Crippen LogP contribution in [0.5, 0.6) is 5.75 Å². The summed E-state index contributed by atoms with van der Waals surface area (Å²) in [6, 6.07) is 2.02. The molecule has 1 aromatic rings. The number of carbonyl (C=O) groups is 3. The van der Waals surface area contributed by atoms with Crippen LogP contribution in [0.3, 0.4) is 0 Å². The number of aromatic hydroxyl groups is 1. The predicted octanol–water partition coefficient (Wildman–Crippen LogP) is 7.61. The first kappa shape index (κ1) is 32.5. The Morgan fingerprint density at radius 2 is 1.67 bits per heavy atom. The highest BCUT2D eigenvalue weighted by molar-refractivity contribution is 6.24. The van der Waals surface area contributed by atoms with Crippen LogP contribution in [-0.4, -0.2) is 43.4 Å². The third-order valence-corrected chi connectivity index (χ3v) is 12.0. The second kappa shape index (κ2) is 10.8. The van der Waals surface area contributed by atoms with Crippen molar-refractivity contribution in [3.63, 3.8) is 0 Å². The number of rotatable bonds is 6. The molecule has 4 atom stereocenters. The van der Waals surface area contributed by atoms with Crippen molar-refractivity contribution in [1.82, 2.24) is 0 Å². The van der Waals surface area contributed by atoms with Crippen LogP contribution in [0.4, 0.5) is 0 Å². The van der Waals surface area contributed by atoms with Crippen molar-refractivity contribution >= 4 is 28.7 Å². The Morgan fingerprint density at radius 1 is 1.02 bits per heavy atom. The number of Topliss-reactive ketones (excluding diaryl/α,β-unsaturated/α-hetero) is 3.